The lowest BCUT2D eigenvalue weighted by atomic mass is 9.99. The first-order valence-corrected chi connectivity index (χ1v) is 6.24. The van der Waals surface area contributed by atoms with Gasteiger partial charge in [-0.2, -0.15) is 0 Å². The molecule has 0 aromatic heterocycles. The lowest BCUT2D eigenvalue weighted by Gasteiger charge is -2.17. The maximum Gasteiger partial charge on any atom is 0.237 e. The smallest absolute Gasteiger partial charge is 0.237 e. The topological polar surface area (TPSA) is 55.1 Å². The van der Waals surface area contributed by atoms with E-state index in [4.69, 9.17) is 5.73 Å². The number of hydrogen-bond acceptors (Lipinski definition) is 2. The Bertz CT molecular complexity index is 420. The number of rotatable bonds is 5. The lowest BCUT2D eigenvalue weighted by molar-refractivity contribution is -0.123. The maximum absolute atomic E-state index is 13.1. The fraction of sp³-hybridized carbons (Fsp3) is 0.500. The first kappa shape index (κ1) is 14.6. The largest absolute Gasteiger partial charge is 0.351 e. The lowest BCUT2D eigenvalue weighted by Crippen LogP contribution is -2.44. The molecule has 0 aliphatic carbocycles. The van der Waals surface area contributed by atoms with Crippen molar-refractivity contribution in [2.75, 3.05) is 0 Å². The van der Waals surface area contributed by atoms with E-state index < -0.39 is 6.04 Å². The van der Waals surface area contributed by atoms with E-state index in [1.54, 1.807) is 19.1 Å². The van der Waals surface area contributed by atoms with E-state index in [1.807, 2.05) is 13.8 Å². The number of amides is 1. The second kappa shape index (κ2) is 6.50. The van der Waals surface area contributed by atoms with Crippen LogP contribution < -0.4 is 11.1 Å². The zero-order chi connectivity index (χ0) is 13.7. The van der Waals surface area contributed by atoms with Crippen molar-refractivity contribution in [1.82, 2.24) is 5.32 Å². The Morgan fingerprint density at radius 3 is 2.72 bits per heavy atom. The fourth-order valence-corrected chi connectivity index (χ4v) is 1.64. The average Bonchev–Trinajstić information content (AvgIpc) is 2.37. The van der Waals surface area contributed by atoms with Gasteiger partial charge in [0, 0.05) is 6.54 Å². The minimum absolute atomic E-state index is 0.153. The molecule has 0 saturated carbocycles. The quantitative estimate of drug-likeness (QED) is 0.843. The number of carbonyl (C=O) groups excluding carboxylic acids is 1. The van der Waals surface area contributed by atoms with Gasteiger partial charge in [-0.3, -0.25) is 4.79 Å². The number of nitrogens with two attached hydrogens (primary N) is 1. The van der Waals surface area contributed by atoms with Crippen molar-refractivity contribution in [3.8, 4) is 0 Å². The van der Waals surface area contributed by atoms with Gasteiger partial charge in [-0.25, -0.2) is 4.39 Å². The molecule has 0 saturated heterocycles. The highest BCUT2D eigenvalue weighted by Gasteiger charge is 2.18. The molecular weight excluding hydrogens is 231 g/mol. The Balaban J connectivity index is 2.54. The van der Waals surface area contributed by atoms with Crippen LogP contribution in [-0.2, 0) is 11.3 Å². The van der Waals surface area contributed by atoms with Crippen LogP contribution in [0.5, 0.6) is 0 Å². The molecule has 3 N–H and O–H groups in total. The van der Waals surface area contributed by atoms with Crippen LogP contribution >= 0.6 is 0 Å². The second-order valence-electron chi connectivity index (χ2n) is 4.71. The SMILES string of the molecule is CCC(C)C(N)C(=O)NCc1ccc(F)c(C)c1. The summed E-state index contributed by atoms with van der Waals surface area (Å²) in [5.74, 6) is -0.243. The predicted molar refractivity (Wildman–Crippen MR) is 70.4 cm³/mol. The molecule has 4 heteroatoms. The van der Waals surface area contributed by atoms with E-state index in [0.717, 1.165) is 12.0 Å². The highest BCUT2D eigenvalue weighted by atomic mass is 19.1. The van der Waals surface area contributed by atoms with E-state index in [2.05, 4.69) is 5.32 Å². The Hall–Kier alpha value is -1.42. The average molecular weight is 252 g/mol. The van der Waals surface area contributed by atoms with Crippen LogP contribution in [0.2, 0.25) is 0 Å². The standard InChI is InChI=1S/C14H21FN2O/c1-4-9(2)13(16)14(18)17-8-11-5-6-12(15)10(3)7-11/h5-7,9,13H,4,8,16H2,1-3H3,(H,17,18). The van der Waals surface area contributed by atoms with E-state index in [-0.39, 0.29) is 17.6 Å². The molecular formula is C14H21FN2O. The maximum atomic E-state index is 13.1. The molecule has 0 spiro atoms. The molecule has 0 heterocycles. The van der Waals surface area contributed by atoms with E-state index in [1.165, 1.54) is 6.07 Å². The van der Waals surface area contributed by atoms with E-state index in [9.17, 15) is 9.18 Å². The van der Waals surface area contributed by atoms with Crippen molar-refractivity contribution < 1.29 is 9.18 Å². The van der Waals surface area contributed by atoms with Gasteiger partial charge in [0.25, 0.3) is 0 Å². The molecule has 2 unspecified atom stereocenters. The third-order valence-corrected chi connectivity index (χ3v) is 3.25. The molecule has 1 rings (SSSR count). The Kier molecular flexibility index (Phi) is 5.28. The number of nitrogens with one attached hydrogen (secondary N) is 1. The highest BCUT2D eigenvalue weighted by Crippen LogP contribution is 2.09. The molecule has 3 nitrogen and oxygen atoms in total. The molecule has 0 fully saturated rings. The zero-order valence-electron chi connectivity index (χ0n) is 11.2. The van der Waals surface area contributed by atoms with Crippen molar-refractivity contribution in [2.45, 2.75) is 39.8 Å². The minimum atomic E-state index is -0.489. The molecule has 0 aliphatic rings. The Morgan fingerprint density at radius 1 is 1.50 bits per heavy atom. The molecule has 1 aromatic carbocycles. The summed E-state index contributed by atoms with van der Waals surface area (Å²) < 4.78 is 13.1. The molecule has 18 heavy (non-hydrogen) atoms. The fourth-order valence-electron chi connectivity index (χ4n) is 1.64. The van der Waals surface area contributed by atoms with Crippen LogP contribution in [0.4, 0.5) is 4.39 Å². The molecule has 1 aromatic rings. The second-order valence-corrected chi connectivity index (χ2v) is 4.71. The first-order valence-electron chi connectivity index (χ1n) is 6.24. The molecule has 100 valence electrons. The first-order chi connectivity index (χ1) is 8.45. The minimum Gasteiger partial charge on any atom is -0.351 e. The van der Waals surface area contributed by atoms with Gasteiger partial charge < -0.3 is 11.1 Å². The summed E-state index contributed by atoms with van der Waals surface area (Å²) in [5.41, 5.74) is 7.27. The van der Waals surface area contributed by atoms with E-state index in [0.29, 0.717) is 12.1 Å². The summed E-state index contributed by atoms with van der Waals surface area (Å²) in [5, 5.41) is 2.77. The van der Waals surface area contributed by atoms with Crippen LogP contribution in [0.1, 0.15) is 31.4 Å². The number of halogens is 1. The highest BCUT2D eigenvalue weighted by molar-refractivity contribution is 5.81. The zero-order valence-corrected chi connectivity index (χ0v) is 11.2. The molecule has 0 aliphatic heterocycles. The summed E-state index contributed by atoms with van der Waals surface area (Å²) in [6, 6.07) is 4.31. The summed E-state index contributed by atoms with van der Waals surface area (Å²) in [7, 11) is 0. The number of benzene rings is 1. The summed E-state index contributed by atoms with van der Waals surface area (Å²) in [4.78, 5) is 11.8. The van der Waals surface area contributed by atoms with Gasteiger partial charge in [0.05, 0.1) is 6.04 Å². The van der Waals surface area contributed by atoms with Gasteiger partial charge in [0.2, 0.25) is 5.91 Å². The molecule has 0 bridgehead atoms. The molecule has 2 atom stereocenters. The monoisotopic (exact) mass is 252 g/mol. The van der Waals surface area contributed by atoms with Crippen LogP contribution in [-0.4, -0.2) is 11.9 Å². The summed E-state index contributed by atoms with van der Waals surface area (Å²) >= 11 is 0. The van der Waals surface area contributed by atoms with E-state index >= 15 is 0 Å². The third kappa shape index (κ3) is 3.81. The predicted octanol–water partition coefficient (Wildman–Crippen LogP) is 2.12. The van der Waals surface area contributed by atoms with Crippen LogP contribution in [0.3, 0.4) is 0 Å². The van der Waals surface area contributed by atoms with Crippen LogP contribution in [0.15, 0.2) is 18.2 Å². The number of hydrogen-bond donors (Lipinski definition) is 2. The summed E-state index contributed by atoms with van der Waals surface area (Å²) in [6.07, 6.45) is 0.865. The van der Waals surface area contributed by atoms with Gasteiger partial charge in [0.1, 0.15) is 5.82 Å². The number of carbonyl (C=O) groups is 1. The van der Waals surface area contributed by atoms with Crippen molar-refractivity contribution in [3.63, 3.8) is 0 Å². The Morgan fingerprint density at radius 2 is 2.17 bits per heavy atom. The summed E-state index contributed by atoms with van der Waals surface area (Å²) in [6.45, 7) is 6.03. The van der Waals surface area contributed by atoms with Crippen LogP contribution in [0.25, 0.3) is 0 Å². The number of aryl methyl sites for hydroxylation is 1. The van der Waals surface area contributed by atoms with Crippen molar-refractivity contribution >= 4 is 5.91 Å². The van der Waals surface area contributed by atoms with Crippen molar-refractivity contribution in [3.05, 3.63) is 35.1 Å². The van der Waals surface area contributed by atoms with Crippen molar-refractivity contribution in [1.29, 1.82) is 0 Å². The van der Waals surface area contributed by atoms with Gasteiger partial charge in [0.15, 0.2) is 0 Å². The molecule has 1 amide bonds. The molecule has 0 radical (unpaired) electrons. The van der Waals surface area contributed by atoms with Gasteiger partial charge >= 0.3 is 0 Å². The van der Waals surface area contributed by atoms with Gasteiger partial charge in [-0.05, 0) is 30.0 Å². The van der Waals surface area contributed by atoms with Gasteiger partial charge in [-0.15, -0.1) is 0 Å². The van der Waals surface area contributed by atoms with Gasteiger partial charge in [-0.1, -0.05) is 32.4 Å². The third-order valence-electron chi connectivity index (χ3n) is 3.25. The Labute approximate surface area is 108 Å². The van der Waals surface area contributed by atoms with Crippen LogP contribution in [0, 0.1) is 18.7 Å². The normalized spacial score (nSPS) is 14.1. The van der Waals surface area contributed by atoms with Crippen molar-refractivity contribution in [2.24, 2.45) is 11.7 Å².